The largest absolute Gasteiger partial charge is 0.494 e. The van der Waals surface area contributed by atoms with E-state index in [2.05, 4.69) is 23.4 Å². The number of benzene rings is 1. The number of hydrogen-bond donors (Lipinski definition) is 2. The van der Waals surface area contributed by atoms with Gasteiger partial charge in [-0.1, -0.05) is 25.1 Å². The van der Waals surface area contributed by atoms with Crippen molar-refractivity contribution in [3.05, 3.63) is 29.3 Å². The van der Waals surface area contributed by atoms with E-state index >= 15 is 0 Å². The van der Waals surface area contributed by atoms with Gasteiger partial charge >= 0.3 is 0 Å². The van der Waals surface area contributed by atoms with Gasteiger partial charge in [-0.2, -0.15) is 0 Å². The van der Waals surface area contributed by atoms with E-state index < -0.39 is 0 Å². The topological polar surface area (TPSA) is 67.8 Å². The van der Waals surface area contributed by atoms with Crippen LogP contribution in [0.25, 0.3) is 0 Å². The standard InChI is InChI=1S/C17H26N2O2/c1-17(2,16(18)19-20)10-3-4-11-21-15-9-8-13-6-5-7-14(13)12-15/h8-9,12,20H,3-7,10-11H2,1-2H3,(H2,18,19). The number of amidine groups is 1. The van der Waals surface area contributed by atoms with Crippen LogP contribution in [0.1, 0.15) is 50.7 Å². The zero-order valence-corrected chi connectivity index (χ0v) is 13.1. The molecule has 0 spiro atoms. The first kappa shape index (κ1) is 15.7. The lowest BCUT2D eigenvalue weighted by molar-refractivity contribution is 0.288. The van der Waals surface area contributed by atoms with Crippen molar-refractivity contribution in [2.75, 3.05) is 6.61 Å². The minimum absolute atomic E-state index is 0.262. The van der Waals surface area contributed by atoms with Crippen LogP contribution in [0.5, 0.6) is 5.75 Å². The summed E-state index contributed by atoms with van der Waals surface area (Å²) in [5.41, 5.74) is 8.34. The second kappa shape index (κ2) is 6.83. The molecule has 0 saturated carbocycles. The number of nitrogens with zero attached hydrogens (tertiary/aromatic N) is 1. The van der Waals surface area contributed by atoms with Crippen LogP contribution in [-0.4, -0.2) is 17.6 Å². The molecule has 0 radical (unpaired) electrons. The molecule has 4 heteroatoms. The highest BCUT2D eigenvalue weighted by Crippen LogP contribution is 2.26. The predicted molar refractivity (Wildman–Crippen MR) is 85.0 cm³/mol. The Bertz CT molecular complexity index is 510. The maximum atomic E-state index is 8.74. The van der Waals surface area contributed by atoms with Crippen molar-refractivity contribution in [2.45, 2.75) is 52.4 Å². The van der Waals surface area contributed by atoms with E-state index in [0.717, 1.165) is 25.0 Å². The summed E-state index contributed by atoms with van der Waals surface area (Å²) in [7, 11) is 0. The number of aryl methyl sites for hydroxylation is 2. The molecule has 0 saturated heterocycles. The van der Waals surface area contributed by atoms with Gasteiger partial charge in [-0.05, 0) is 61.8 Å². The van der Waals surface area contributed by atoms with Crippen LogP contribution in [0, 0.1) is 5.41 Å². The maximum Gasteiger partial charge on any atom is 0.144 e. The first-order valence-corrected chi connectivity index (χ1v) is 7.75. The monoisotopic (exact) mass is 290 g/mol. The fourth-order valence-corrected chi connectivity index (χ4v) is 2.76. The Morgan fingerprint density at radius 2 is 2.05 bits per heavy atom. The SMILES string of the molecule is CC(C)(CCCCOc1ccc2c(c1)CCC2)/C(N)=N/O. The molecule has 0 atom stereocenters. The number of oxime groups is 1. The van der Waals surface area contributed by atoms with Gasteiger partial charge in [0.05, 0.1) is 6.61 Å². The van der Waals surface area contributed by atoms with E-state index in [4.69, 9.17) is 15.7 Å². The van der Waals surface area contributed by atoms with Crippen molar-refractivity contribution in [2.24, 2.45) is 16.3 Å². The molecular formula is C17H26N2O2. The van der Waals surface area contributed by atoms with Gasteiger partial charge in [-0.3, -0.25) is 0 Å². The molecule has 1 aliphatic rings. The van der Waals surface area contributed by atoms with Gasteiger partial charge in [0.1, 0.15) is 11.6 Å². The smallest absolute Gasteiger partial charge is 0.144 e. The van der Waals surface area contributed by atoms with Gasteiger partial charge in [-0.25, -0.2) is 0 Å². The van der Waals surface area contributed by atoms with Gasteiger partial charge in [0.15, 0.2) is 0 Å². The van der Waals surface area contributed by atoms with Crippen molar-refractivity contribution in [1.82, 2.24) is 0 Å². The Labute approximate surface area is 127 Å². The zero-order valence-electron chi connectivity index (χ0n) is 13.1. The van der Waals surface area contributed by atoms with E-state index in [1.807, 2.05) is 13.8 Å². The molecule has 0 amide bonds. The molecule has 0 aliphatic heterocycles. The molecule has 0 aromatic heterocycles. The molecule has 1 aromatic rings. The van der Waals surface area contributed by atoms with Crippen molar-refractivity contribution in [1.29, 1.82) is 0 Å². The third-order valence-corrected chi connectivity index (χ3v) is 4.34. The molecule has 2 rings (SSSR count). The van der Waals surface area contributed by atoms with Gasteiger partial charge in [0, 0.05) is 5.41 Å². The third-order valence-electron chi connectivity index (χ3n) is 4.34. The fraction of sp³-hybridized carbons (Fsp3) is 0.588. The fourth-order valence-electron chi connectivity index (χ4n) is 2.76. The van der Waals surface area contributed by atoms with Crippen LogP contribution in [0.3, 0.4) is 0 Å². The average molecular weight is 290 g/mol. The van der Waals surface area contributed by atoms with E-state index in [1.54, 1.807) is 0 Å². The van der Waals surface area contributed by atoms with Crippen molar-refractivity contribution < 1.29 is 9.94 Å². The summed E-state index contributed by atoms with van der Waals surface area (Å²) < 4.78 is 5.82. The highest BCUT2D eigenvalue weighted by atomic mass is 16.5. The van der Waals surface area contributed by atoms with E-state index in [0.29, 0.717) is 12.4 Å². The quantitative estimate of drug-likeness (QED) is 0.265. The molecule has 3 N–H and O–H groups in total. The number of nitrogens with two attached hydrogens (primary N) is 1. The normalized spacial score (nSPS) is 15.0. The summed E-state index contributed by atoms with van der Waals surface area (Å²) in [6.07, 6.45) is 6.50. The van der Waals surface area contributed by atoms with Crippen LogP contribution >= 0.6 is 0 Å². The van der Waals surface area contributed by atoms with Gasteiger partial charge in [-0.15, -0.1) is 0 Å². The second-order valence-corrected chi connectivity index (χ2v) is 6.46. The van der Waals surface area contributed by atoms with Gasteiger partial charge in [0.25, 0.3) is 0 Å². The number of rotatable bonds is 7. The lowest BCUT2D eigenvalue weighted by Gasteiger charge is -2.22. The first-order chi connectivity index (χ1) is 10.0. The summed E-state index contributed by atoms with van der Waals surface area (Å²) in [4.78, 5) is 0. The molecule has 0 fully saturated rings. The number of unbranched alkanes of at least 4 members (excludes halogenated alkanes) is 1. The van der Waals surface area contributed by atoms with E-state index in [-0.39, 0.29) is 5.41 Å². The lowest BCUT2D eigenvalue weighted by atomic mass is 9.86. The summed E-state index contributed by atoms with van der Waals surface area (Å²) in [6, 6.07) is 6.45. The van der Waals surface area contributed by atoms with Crippen molar-refractivity contribution >= 4 is 5.84 Å². The van der Waals surface area contributed by atoms with Crippen LogP contribution in [0.2, 0.25) is 0 Å². The molecule has 0 heterocycles. The maximum absolute atomic E-state index is 8.74. The average Bonchev–Trinajstić information content (AvgIpc) is 2.93. The Morgan fingerprint density at radius 1 is 1.29 bits per heavy atom. The molecule has 0 bridgehead atoms. The van der Waals surface area contributed by atoms with Crippen molar-refractivity contribution in [3.63, 3.8) is 0 Å². The third kappa shape index (κ3) is 4.13. The molecular weight excluding hydrogens is 264 g/mol. The van der Waals surface area contributed by atoms with E-state index in [9.17, 15) is 0 Å². The Kier molecular flexibility index (Phi) is 5.10. The molecule has 4 nitrogen and oxygen atoms in total. The van der Waals surface area contributed by atoms with Gasteiger partial charge in [0.2, 0.25) is 0 Å². The highest BCUT2D eigenvalue weighted by molar-refractivity contribution is 5.85. The number of fused-ring (bicyclic) bond motifs is 1. The van der Waals surface area contributed by atoms with Crippen molar-refractivity contribution in [3.8, 4) is 5.75 Å². The molecule has 0 unspecified atom stereocenters. The lowest BCUT2D eigenvalue weighted by Crippen LogP contribution is -2.31. The Hall–Kier alpha value is -1.71. The van der Waals surface area contributed by atoms with Crippen LogP contribution in [0.4, 0.5) is 0 Å². The molecule has 21 heavy (non-hydrogen) atoms. The highest BCUT2D eigenvalue weighted by Gasteiger charge is 2.22. The van der Waals surface area contributed by atoms with Gasteiger partial charge < -0.3 is 15.7 Å². The Morgan fingerprint density at radius 3 is 2.81 bits per heavy atom. The van der Waals surface area contributed by atoms with Crippen LogP contribution in [-0.2, 0) is 12.8 Å². The Balaban J connectivity index is 1.71. The number of ether oxygens (including phenoxy) is 1. The minimum Gasteiger partial charge on any atom is -0.494 e. The summed E-state index contributed by atoms with van der Waals surface area (Å²) in [5.74, 6) is 1.27. The summed E-state index contributed by atoms with van der Waals surface area (Å²) in [5, 5.41) is 11.8. The van der Waals surface area contributed by atoms with Crippen LogP contribution < -0.4 is 10.5 Å². The summed E-state index contributed by atoms with van der Waals surface area (Å²) in [6.45, 7) is 4.69. The molecule has 1 aliphatic carbocycles. The van der Waals surface area contributed by atoms with Crippen LogP contribution in [0.15, 0.2) is 23.4 Å². The predicted octanol–water partition coefficient (Wildman–Crippen LogP) is 3.50. The van der Waals surface area contributed by atoms with E-state index in [1.165, 1.54) is 30.4 Å². The zero-order chi connectivity index (χ0) is 15.3. The first-order valence-electron chi connectivity index (χ1n) is 7.75. The number of hydrogen-bond acceptors (Lipinski definition) is 3. The summed E-state index contributed by atoms with van der Waals surface area (Å²) >= 11 is 0. The molecule has 116 valence electrons. The minimum atomic E-state index is -0.262. The second-order valence-electron chi connectivity index (χ2n) is 6.46. The molecule has 1 aromatic carbocycles.